The van der Waals surface area contributed by atoms with E-state index in [4.69, 9.17) is 9.47 Å². The van der Waals surface area contributed by atoms with E-state index in [1.165, 1.54) is 0 Å². The zero-order valence-electron chi connectivity index (χ0n) is 9.77. The highest BCUT2D eigenvalue weighted by atomic mass is 19.4. The molecule has 0 bridgehead atoms. The average Bonchev–Trinajstić information content (AvgIpc) is 2.16. The SMILES string of the molecule is CCOC(CCNCCC(F)(F)F)OCC. The Bertz CT molecular complexity index is 159. The second kappa shape index (κ2) is 8.78. The van der Waals surface area contributed by atoms with Crippen molar-refractivity contribution >= 4 is 0 Å². The van der Waals surface area contributed by atoms with E-state index in [1.54, 1.807) is 0 Å². The molecule has 0 heterocycles. The van der Waals surface area contributed by atoms with Crippen LogP contribution in [0.25, 0.3) is 0 Å². The molecule has 98 valence electrons. The van der Waals surface area contributed by atoms with Crippen molar-refractivity contribution in [1.29, 1.82) is 0 Å². The van der Waals surface area contributed by atoms with Gasteiger partial charge in [0.2, 0.25) is 0 Å². The van der Waals surface area contributed by atoms with Crippen LogP contribution in [-0.4, -0.2) is 38.8 Å². The molecule has 0 aliphatic heterocycles. The van der Waals surface area contributed by atoms with Gasteiger partial charge in [-0.15, -0.1) is 0 Å². The predicted octanol–water partition coefficient (Wildman–Crippen LogP) is 2.32. The monoisotopic (exact) mass is 243 g/mol. The third-order valence-electron chi connectivity index (χ3n) is 1.85. The lowest BCUT2D eigenvalue weighted by Crippen LogP contribution is -2.27. The highest BCUT2D eigenvalue weighted by Crippen LogP contribution is 2.18. The molecule has 0 aromatic carbocycles. The topological polar surface area (TPSA) is 30.5 Å². The van der Waals surface area contributed by atoms with Crippen LogP contribution in [0.15, 0.2) is 0 Å². The van der Waals surface area contributed by atoms with Gasteiger partial charge in [-0.25, -0.2) is 0 Å². The van der Waals surface area contributed by atoms with Crippen molar-refractivity contribution in [3.63, 3.8) is 0 Å². The molecule has 0 aliphatic carbocycles. The third kappa shape index (κ3) is 10.2. The van der Waals surface area contributed by atoms with Crippen LogP contribution >= 0.6 is 0 Å². The van der Waals surface area contributed by atoms with Crippen LogP contribution in [0.1, 0.15) is 26.7 Å². The van der Waals surface area contributed by atoms with Gasteiger partial charge in [-0.05, 0) is 20.4 Å². The number of halogens is 3. The molecule has 0 aromatic rings. The first-order valence-electron chi connectivity index (χ1n) is 5.50. The molecule has 0 unspecified atom stereocenters. The fourth-order valence-electron chi connectivity index (χ4n) is 1.16. The Morgan fingerprint density at radius 1 is 1.06 bits per heavy atom. The van der Waals surface area contributed by atoms with Crippen LogP contribution in [0.5, 0.6) is 0 Å². The lowest BCUT2D eigenvalue weighted by molar-refractivity contribution is -0.140. The summed E-state index contributed by atoms with van der Waals surface area (Å²) in [5.41, 5.74) is 0. The van der Waals surface area contributed by atoms with Gasteiger partial charge in [0.25, 0.3) is 0 Å². The van der Waals surface area contributed by atoms with Gasteiger partial charge in [0, 0.05) is 26.2 Å². The first kappa shape index (κ1) is 15.7. The first-order valence-corrected chi connectivity index (χ1v) is 5.50. The maximum absolute atomic E-state index is 11.8. The molecule has 1 N–H and O–H groups in total. The van der Waals surface area contributed by atoms with E-state index >= 15 is 0 Å². The molecule has 0 saturated carbocycles. The first-order chi connectivity index (χ1) is 7.49. The summed E-state index contributed by atoms with van der Waals surface area (Å²) < 4.78 is 45.9. The van der Waals surface area contributed by atoms with Crippen LogP contribution in [-0.2, 0) is 9.47 Å². The van der Waals surface area contributed by atoms with Crippen LogP contribution in [0, 0.1) is 0 Å². The number of hydrogen-bond acceptors (Lipinski definition) is 3. The Labute approximate surface area is 94.3 Å². The normalized spacial score (nSPS) is 12.4. The summed E-state index contributed by atoms with van der Waals surface area (Å²) in [6.45, 7) is 5.17. The molecule has 3 nitrogen and oxygen atoms in total. The molecule has 0 radical (unpaired) electrons. The Balaban J connectivity index is 3.46. The summed E-state index contributed by atoms with van der Waals surface area (Å²) in [6.07, 6.45) is -4.67. The fourth-order valence-corrected chi connectivity index (χ4v) is 1.16. The van der Waals surface area contributed by atoms with E-state index in [-0.39, 0.29) is 12.8 Å². The number of alkyl halides is 3. The van der Waals surface area contributed by atoms with Crippen molar-refractivity contribution in [2.24, 2.45) is 0 Å². The quantitative estimate of drug-likeness (QED) is 0.498. The second-order valence-electron chi connectivity index (χ2n) is 3.24. The highest BCUT2D eigenvalue weighted by Gasteiger charge is 2.25. The predicted molar refractivity (Wildman–Crippen MR) is 55.2 cm³/mol. The number of hydrogen-bond donors (Lipinski definition) is 1. The van der Waals surface area contributed by atoms with E-state index in [0.717, 1.165) is 0 Å². The maximum Gasteiger partial charge on any atom is 0.390 e. The number of nitrogens with one attached hydrogen (secondary N) is 1. The van der Waals surface area contributed by atoms with E-state index in [2.05, 4.69) is 5.32 Å². The molecule has 0 amide bonds. The number of rotatable bonds is 9. The van der Waals surface area contributed by atoms with Crippen LogP contribution < -0.4 is 5.32 Å². The summed E-state index contributed by atoms with van der Waals surface area (Å²) in [6, 6.07) is 0. The molecule has 0 fully saturated rings. The zero-order chi connectivity index (χ0) is 12.4. The van der Waals surface area contributed by atoms with E-state index in [1.807, 2.05) is 13.8 Å². The zero-order valence-corrected chi connectivity index (χ0v) is 9.77. The molecule has 0 aliphatic rings. The van der Waals surface area contributed by atoms with Crippen molar-refractivity contribution in [2.45, 2.75) is 39.2 Å². The maximum atomic E-state index is 11.8. The molecule has 16 heavy (non-hydrogen) atoms. The van der Waals surface area contributed by atoms with Crippen molar-refractivity contribution < 1.29 is 22.6 Å². The summed E-state index contributed by atoms with van der Waals surface area (Å²) in [5.74, 6) is 0. The van der Waals surface area contributed by atoms with Gasteiger partial charge in [0.1, 0.15) is 0 Å². The van der Waals surface area contributed by atoms with Gasteiger partial charge in [-0.3, -0.25) is 0 Å². The molecule has 0 saturated heterocycles. The van der Waals surface area contributed by atoms with Gasteiger partial charge in [0.05, 0.1) is 6.42 Å². The van der Waals surface area contributed by atoms with Crippen molar-refractivity contribution in [3.8, 4) is 0 Å². The second-order valence-corrected chi connectivity index (χ2v) is 3.24. The summed E-state index contributed by atoms with van der Waals surface area (Å²) in [4.78, 5) is 0. The van der Waals surface area contributed by atoms with Gasteiger partial charge < -0.3 is 14.8 Å². The van der Waals surface area contributed by atoms with Crippen molar-refractivity contribution in [1.82, 2.24) is 5.32 Å². The summed E-state index contributed by atoms with van der Waals surface area (Å²) in [5, 5.41) is 2.71. The lowest BCUT2D eigenvalue weighted by Gasteiger charge is -2.17. The third-order valence-corrected chi connectivity index (χ3v) is 1.85. The molecule has 0 aromatic heterocycles. The molecule has 6 heteroatoms. The van der Waals surface area contributed by atoms with Crippen molar-refractivity contribution in [3.05, 3.63) is 0 Å². The molecule has 0 atom stereocenters. The summed E-state index contributed by atoms with van der Waals surface area (Å²) >= 11 is 0. The van der Waals surface area contributed by atoms with Crippen LogP contribution in [0.3, 0.4) is 0 Å². The van der Waals surface area contributed by atoms with E-state index < -0.39 is 12.6 Å². The minimum atomic E-state index is -4.09. The standard InChI is InChI=1S/C10H20F3NO2/c1-3-15-9(16-4-2)5-7-14-8-6-10(11,12)13/h9,14H,3-8H2,1-2H3. The van der Waals surface area contributed by atoms with Gasteiger partial charge >= 0.3 is 6.18 Å². The van der Waals surface area contributed by atoms with Gasteiger partial charge in [-0.1, -0.05) is 0 Å². The van der Waals surface area contributed by atoms with Gasteiger partial charge in [-0.2, -0.15) is 13.2 Å². The lowest BCUT2D eigenvalue weighted by atomic mass is 10.3. The summed E-state index contributed by atoms with van der Waals surface area (Å²) in [7, 11) is 0. The number of ether oxygens (including phenoxy) is 2. The molecular formula is C10H20F3NO2. The van der Waals surface area contributed by atoms with Crippen LogP contribution in [0.4, 0.5) is 13.2 Å². The Kier molecular flexibility index (Phi) is 8.60. The molecule has 0 rings (SSSR count). The Hall–Kier alpha value is -0.330. The van der Waals surface area contributed by atoms with Crippen LogP contribution in [0.2, 0.25) is 0 Å². The van der Waals surface area contributed by atoms with Gasteiger partial charge in [0.15, 0.2) is 6.29 Å². The fraction of sp³-hybridized carbons (Fsp3) is 1.00. The largest absolute Gasteiger partial charge is 0.390 e. The van der Waals surface area contributed by atoms with Crippen molar-refractivity contribution in [2.75, 3.05) is 26.3 Å². The highest BCUT2D eigenvalue weighted by molar-refractivity contribution is 4.56. The van der Waals surface area contributed by atoms with E-state index in [0.29, 0.717) is 26.2 Å². The molecular weight excluding hydrogens is 223 g/mol. The average molecular weight is 243 g/mol. The minimum Gasteiger partial charge on any atom is -0.353 e. The molecule has 0 spiro atoms. The Morgan fingerprint density at radius 3 is 2.06 bits per heavy atom. The Morgan fingerprint density at radius 2 is 1.62 bits per heavy atom. The minimum absolute atomic E-state index is 0.0610. The smallest absolute Gasteiger partial charge is 0.353 e. The van der Waals surface area contributed by atoms with E-state index in [9.17, 15) is 13.2 Å².